The molecule has 0 spiro atoms. The van der Waals surface area contributed by atoms with Crippen molar-refractivity contribution in [2.45, 2.75) is 6.92 Å². The number of hydrogen-bond donors (Lipinski definition) is 2. The molecule has 0 radical (unpaired) electrons. The van der Waals surface area contributed by atoms with Gasteiger partial charge in [-0.05, 0) is 42.8 Å². The van der Waals surface area contributed by atoms with Crippen LogP contribution < -0.4 is 5.69 Å². The summed E-state index contributed by atoms with van der Waals surface area (Å²) < 4.78 is 0.893. The molecule has 0 saturated carbocycles. The molecule has 5 heteroatoms. The van der Waals surface area contributed by atoms with Crippen LogP contribution in [0.15, 0.2) is 57.8 Å². The maximum Gasteiger partial charge on any atom is 0.345 e. The number of H-pyrrole nitrogens is 1. The molecule has 0 aliphatic rings. The standard InChI is InChI=1S/C17H13BrN2O2/c1-10-8-11(6-7-16(10)21)14-9-15(20-17(22)19-14)12-4-2-3-5-13(12)18/h2-9,21H,1H3,(H,19,20,22). The van der Waals surface area contributed by atoms with E-state index in [0.29, 0.717) is 11.4 Å². The van der Waals surface area contributed by atoms with Gasteiger partial charge in [-0.25, -0.2) is 4.79 Å². The fourth-order valence-corrected chi connectivity index (χ4v) is 2.74. The van der Waals surface area contributed by atoms with Crippen LogP contribution in [0.2, 0.25) is 0 Å². The van der Waals surface area contributed by atoms with Gasteiger partial charge in [0.2, 0.25) is 0 Å². The summed E-state index contributed by atoms with van der Waals surface area (Å²) in [7, 11) is 0. The molecule has 3 rings (SSSR count). The van der Waals surface area contributed by atoms with E-state index in [-0.39, 0.29) is 5.75 Å². The highest BCUT2D eigenvalue weighted by molar-refractivity contribution is 9.10. The number of phenols is 1. The third kappa shape index (κ3) is 2.80. The van der Waals surface area contributed by atoms with E-state index in [1.165, 1.54) is 0 Å². The lowest BCUT2D eigenvalue weighted by Gasteiger charge is -2.08. The van der Waals surface area contributed by atoms with Gasteiger partial charge in [0.05, 0.1) is 11.4 Å². The van der Waals surface area contributed by atoms with Crippen molar-refractivity contribution in [1.82, 2.24) is 9.97 Å². The zero-order valence-corrected chi connectivity index (χ0v) is 13.4. The van der Waals surface area contributed by atoms with E-state index in [2.05, 4.69) is 25.9 Å². The van der Waals surface area contributed by atoms with Crippen LogP contribution >= 0.6 is 15.9 Å². The zero-order chi connectivity index (χ0) is 15.7. The predicted octanol–water partition coefficient (Wildman–Crippen LogP) is 3.88. The highest BCUT2D eigenvalue weighted by atomic mass is 79.9. The Labute approximate surface area is 135 Å². The van der Waals surface area contributed by atoms with Gasteiger partial charge in [-0.1, -0.05) is 34.1 Å². The smallest absolute Gasteiger partial charge is 0.345 e. The number of aryl methyl sites for hydroxylation is 1. The predicted molar refractivity (Wildman–Crippen MR) is 89.8 cm³/mol. The van der Waals surface area contributed by atoms with E-state index in [9.17, 15) is 9.90 Å². The number of aromatic hydroxyl groups is 1. The Kier molecular flexibility index (Phi) is 3.81. The average Bonchev–Trinajstić information content (AvgIpc) is 2.50. The molecule has 1 heterocycles. The minimum atomic E-state index is -0.408. The zero-order valence-electron chi connectivity index (χ0n) is 11.8. The van der Waals surface area contributed by atoms with Gasteiger partial charge >= 0.3 is 5.69 Å². The fourth-order valence-electron chi connectivity index (χ4n) is 2.25. The molecule has 0 atom stereocenters. The van der Waals surface area contributed by atoms with Gasteiger partial charge in [-0.15, -0.1) is 0 Å². The van der Waals surface area contributed by atoms with Crippen LogP contribution in [0.5, 0.6) is 5.75 Å². The normalized spacial score (nSPS) is 10.6. The Bertz CT molecular complexity index is 903. The summed E-state index contributed by atoms with van der Waals surface area (Å²) in [5.41, 5.74) is 3.26. The summed E-state index contributed by atoms with van der Waals surface area (Å²) in [6.07, 6.45) is 0. The molecule has 110 valence electrons. The monoisotopic (exact) mass is 356 g/mol. The van der Waals surface area contributed by atoms with Crippen molar-refractivity contribution in [3.63, 3.8) is 0 Å². The quantitative estimate of drug-likeness (QED) is 0.732. The number of phenolic OH excluding ortho intramolecular Hbond substituents is 1. The van der Waals surface area contributed by atoms with E-state index in [1.807, 2.05) is 30.3 Å². The molecule has 0 amide bonds. The molecular weight excluding hydrogens is 344 g/mol. The molecule has 0 unspecified atom stereocenters. The van der Waals surface area contributed by atoms with E-state index in [1.54, 1.807) is 25.1 Å². The molecule has 2 aromatic carbocycles. The lowest BCUT2D eigenvalue weighted by Crippen LogP contribution is -2.12. The van der Waals surface area contributed by atoms with Crippen LogP contribution in [0.4, 0.5) is 0 Å². The third-order valence-electron chi connectivity index (χ3n) is 3.40. The summed E-state index contributed by atoms with van der Waals surface area (Å²) in [6, 6.07) is 14.6. The number of aromatic amines is 1. The summed E-state index contributed by atoms with van der Waals surface area (Å²) in [5.74, 6) is 0.222. The molecule has 0 fully saturated rings. The summed E-state index contributed by atoms with van der Waals surface area (Å²) >= 11 is 3.48. The van der Waals surface area contributed by atoms with Crippen molar-refractivity contribution < 1.29 is 5.11 Å². The third-order valence-corrected chi connectivity index (χ3v) is 4.09. The molecule has 4 nitrogen and oxygen atoms in total. The number of halogens is 1. The van der Waals surface area contributed by atoms with E-state index < -0.39 is 5.69 Å². The second kappa shape index (κ2) is 5.77. The van der Waals surface area contributed by atoms with Crippen LogP contribution in [-0.2, 0) is 0 Å². The number of benzene rings is 2. The van der Waals surface area contributed by atoms with Gasteiger partial charge in [-0.3, -0.25) is 0 Å². The largest absolute Gasteiger partial charge is 0.508 e. The molecule has 0 saturated heterocycles. The topological polar surface area (TPSA) is 66.0 Å². The van der Waals surface area contributed by atoms with Gasteiger partial charge in [0.1, 0.15) is 5.75 Å². The summed E-state index contributed by atoms with van der Waals surface area (Å²) in [4.78, 5) is 18.7. The lowest BCUT2D eigenvalue weighted by molar-refractivity contribution is 0.471. The highest BCUT2D eigenvalue weighted by Gasteiger charge is 2.09. The molecule has 0 bridgehead atoms. The van der Waals surface area contributed by atoms with Gasteiger partial charge in [0.25, 0.3) is 0 Å². The van der Waals surface area contributed by atoms with Crippen molar-refractivity contribution in [2.75, 3.05) is 0 Å². The van der Waals surface area contributed by atoms with Crippen molar-refractivity contribution in [3.8, 4) is 28.3 Å². The first-order chi connectivity index (χ1) is 10.5. The number of nitrogens with zero attached hydrogens (tertiary/aromatic N) is 1. The first kappa shape index (κ1) is 14.5. The number of hydrogen-bond acceptors (Lipinski definition) is 3. The first-order valence-corrected chi connectivity index (χ1v) is 7.50. The second-order valence-electron chi connectivity index (χ2n) is 4.97. The Morgan fingerprint density at radius 2 is 1.91 bits per heavy atom. The van der Waals surface area contributed by atoms with Crippen LogP contribution in [0.25, 0.3) is 22.5 Å². The van der Waals surface area contributed by atoms with Crippen LogP contribution in [0.3, 0.4) is 0 Å². The van der Waals surface area contributed by atoms with Crippen LogP contribution in [-0.4, -0.2) is 15.1 Å². The van der Waals surface area contributed by atoms with Gasteiger partial charge < -0.3 is 10.1 Å². The van der Waals surface area contributed by atoms with Crippen molar-refractivity contribution >= 4 is 15.9 Å². The van der Waals surface area contributed by atoms with Crippen LogP contribution in [0, 0.1) is 6.92 Å². The van der Waals surface area contributed by atoms with E-state index in [0.717, 1.165) is 21.2 Å². The maximum atomic E-state index is 11.9. The van der Waals surface area contributed by atoms with Crippen molar-refractivity contribution in [1.29, 1.82) is 0 Å². The second-order valence-corrected chi connectivity index (χ2v) is 5.82. The SMILES string of the molecule is Cc1cc(-c2cc(-c3ccccc3Br)[nH]c(=O)n2)ccc1O. The lowest BCUT2D eigenvalue weighted by atomic mass is 10.1. The van der Waals surface area contributed by atoms with Gasteiger partial charge in [0.15, 0.2) is 0 Å². The summed E-state index contributed by atoms with van der Waals surface area (Å²) in [5, 5.41) is 9.62. The minimum absolute atomic E-state index is 0.222. The van der Waals surface area contributed by atoms with Gasteiger partial charge in [-0.2, -0.15) is 4.98 Å². The molecule has 1 aromatic heterocycles. The number of nitrogens with one attached hydrogen (secondary N) is 1. The maximum absolute atomic E-state index is 11.9. The minimum Gasteiger partial charge on any atom is -0.508 e. The highest BCUT2D eigenvalue weighted by Crippen LogP contribution is 2.29. The first-order valence-electron chi connectivity index (χ1n) is 6.71. The fraction of sp³-hybridized carbons (Fsp3) is 0.0588. The van der Waals surface area contributed by atoms with Crippen molar-refractivity contribution in [2.24, 2.45) is 0 Å². The Hall–Kier alpha value is -2.40. The Morgan fingerprint density at radius 1 is 1.14 bits per heavy atom. The average molecular weight is 357 g/mol. The number of rotatable bonds is 2. The molecular formula is C17H13BrN2O2. The van der Waals surface area contributed by atoms with E-state index in [4.69, 9.17) is 0 Å². The van der Waals surface area contributed by atoms with Crippen LogP contribution in [0.1, 0.15) is 5.56 Å². The summed E-state index contributed by atoms with van der Waals surface area (Å²) in [6.45, 7) is 1.81. The van der Waals surface area contributed by atoms with Crippen molar-refractivity contribution in [3.05, 3.63) is 69.1 Å². The molecule has 3 aromatic rings. The molecule has 2 N–H and O–H groups in total. The Balaban J connectivity index is 2.17. The molecule has 0 aliphatic carbocycles. The molecule has 22 heavy (non-hydrogen) atoms. The van der Waals surface area contributed by atoms with E-state index >= 15 is 0 Å². The van der Waals surface area contributed by atoms with Gasteiger partial charge in [0, 0.05) is 15.6 Å². The molecule has 0 aliphatic heterocycles. The number of aromatic nitrogens is 2. The Morgan fingerprint density at radius 3 is 2.64 bits per heavy atom.